The molecular weight excluding hydrogens is 302 g/mol. The van der Waals surface area contributed by atoms with E-state index in [0.717, 1.165) is 22.6 Å². The van der Waals surface area contributed by atoms with E-state index < -0.39 is 6.09 Å². The molecule has 1 amide bonds. The fourth-order valence-electron chi connectivity index (χ4n) is 2.33. The van der Waals surface area contributed by atoms with E-state index in [1.54, 1.807) is 0 Å². The van der Waals surface area contributed by atoms with Gasteiger partial charge >= 0.3 is 6.09 Å². The van der Waals surface area contributed by atoms with Crippen molar-refractivity contribution >= 4 is 6.09 Å². The van der Waals surface area contributed by atoms with E-state index in [9.17, 15) is 4.79 Å². The second-order valence-corrected chi connectivity index (χ2v) is 5.37. The molecule has 0 aliphatic rings. The fraction of sp³-hybridized carbons (Fsp3) is 0.150. The zero-order valence-corrected chi connectivity index (χ0v) is 13.3. The number of amides is 1. The van der Waals surface area contributed by atoms with Crippen molar-refractivity contribution in [3.8, 4) is 11.3 Å². The summed E-state index contributed by atoms with van der Waals surface area (Å²) in [4.78, 5) is 11.7. The molecular formula is C20H19NO3. The number of alkyl carbamates (subject to hydrolysis) is 1. The number of nitrogens with one attached hydrogen (secondary N) is 1. The number of carbonyl (C=O) groups is 1. The summed E-state index contributed by atoms with van der Waals surface area (Å²) < 4.78 is 10.9. The van der Waals surface area contributed by atoms with Crippen molar-refractivity contribution < 1.29 is 13.9 Å². The van der Waals surface area contributed by atoms with Crippen LogP contribution in [0.5, 0.6) is 0 Å². The number of hydrogen-bond donors (Lipinski definition) is 1. The number of furan rings is 1. The van der Waals surface area contributed by atoms with Gasteiger partial charge in [0.2, 0.25) is 0 Å². The van der Waals surface area contributed by atoms with Crippen LogP contribution in [0.15, 0.2) is 77.2 Å². The number of benzene rings is 2. The van der Waals surface area contributed by atoms with Crippen LogP contribution in [0.3, 0.4) is 0 Å². The van der Waals surface area contributed by atoms with Crippen LogP contribution in [0.25, 0.3) is 11.3 Å². The first-order chi connectivity index (χ1) is 11.8. The van der Waals surface area contributed by atoms with Crippen molar-refractivity contribution in [2.24, 2.45) is 0 Å². The molecule has 4 heteroatoms. The Morgan fingerprint density at radius 3 is 2.38 bits per heavy atom. The van der Waals surface area contributed by atoms with E-state index in [1.807, 2.05) is 72.8 Å². The lowest BCUT2D eigenvalue weighted by molar-refractivity contribution is 0.139. The molecule has 0 fully saturated rings. The SMILES string of the molecule is O=C(NCCc1ccc(-c2ccccc2)o1)OCc1ccccc1. The average molecular weight is 321 g/mol. The Bertz CT molecular complexity index is 766. The largest absolute Gasteiger partial charge is 0.461 e. The van der Waals surface area contributed by atoms with Gasteiger partial charge < -0.3 is 14.5 Å². The number of ether oxygens (including phenoxy) is 1. The molecule has 24 heavy (non-hydrogen) atoms. The maximum absolute atomic E-state index is 11.7. The predicted octanol–water partition coefficient (Wildman–Crippen LogP) is 4.42. The molecule has 1 N–H and O–H groups in total. The molecule has 0 bridgehead atoms. The summed E-state index contributed by atoms with van der Waals surface area (Å²) in [6, 6.07) is 23.4. The summed E-state index contributed by atoms with van der Waals surface area (Å²) in [6.07, 6.45) is 0.196. The van der Waals surface area contributed by atoms with Crippen molar-refractivity contribution in [3.63, 3.8) is 0 Å². The van der Waals surface area contributed by atoms with Crippen LogP contribution in [0.4, 0.5) is 4.79 Å². The molecule has 0 spiro atoms. The van der Waals surface area contributed by atoms with Crippen molar-refractivity contribution in [1.29, 1.82) is 0 Å². The topological polar surface area (TPSA) is 51.5 Å². The summed E-state index contributed by atoms with van der Waals surface area (Å²) in [5.74, 6) is 1.66. The minimum Gasteiger partial charge on any atom is -0.461 e. The van der Waals surface area contributed by atoms with E-state index in [0.29, 0.717) is 13.0 Å². The molecule has 1 heterocycles. The normalized spacial score (nSPS) is 10.3. The van der Waals surface area contributed by atoms with Crippen LogP contribution in [0, 0.1) is 0 Å². The van der Waals surface area contributed by atoms with Gasteiger partial charge in [-0.1, -0.05) is 60.7 Å². The Morgan fingerprint density at radius 2 is 1.62 bits per heavy atom. The summed E-state index contributed by atoms with van der Waals surface area (Å²) in [7, 11) is 0. The maximum Gasteiger partial charge on any atom is 0.407 e. The zero-order valence-electron chi connectivity index (χ0n) is 13.3. The first-order valence-electron chi connectivity index (χ1n) is 7.90. The van der Waals surface area contributed by atoms with Crippen molar-refractivity contribution in [3.05, 3.63) is 84.1 Å². The van der Waals surface area contributed by atoms with Crippen LogP contribution >= 0.6 is 0 Å². The molecule has 0 unspecified atom stereocenters. The highest BCUT2D eigenvalue weighted by Gasteiger charge is 2.06. The highest BCUT2D eigenvalue weighted by atomic mass is 16.5. The van der Waals surface area contributed by atoms with Gasteiger partial charge in [-0.15, -0.1) is 0 Å². The summed E-state index contributed by atoms with van der Waals surface area (Å²) in [5.41, 5.74) is 2.00. The second kappa shape index (κ2) is 8.02. The monoisotopic (exact) mass is 321 g/mol. The lowest BCUT2D eigenvalue weighted by Crippen LogP contribution is -2.26. The van der Waals surface area contributed by atoms with Gasteiger partial charge in [0.15, 0.2) is 0 Å². The van der Waals surface area contributed by atoms with Crippen LogP contribution in [-0.2, 0) is 17.8 Å². The van der Waals surface area contributed by atoms with Gasteiger partial charge in [-0.3, -0.25) is 0 Å². The maximum atomic E-state index is 11.7. The Labute approximate surface area is 141 Å². The molecule has 0 saturated carbocycles. The quantitative estimate of drug-likeness (QED) is 0.731. The third-order valence-corrected chi connectivity index (χ3v) is 3.57. The molecule has 0 aliphatic heterocycles. The van der Waals surface area contributed by atoms with Crippen molar-refractivity contribution in [2.75, 3.05) is 6.54 Å². The van der Waals surface area contributed by atoms with E-state index >= 15 is 0 Å². The van der Waals surface area contributed by atoms with Crippen molar-refractivity contribution in [2.45, 2.75) is 13.0 Å². The summed E-state index contributed by atoms with van der Waals surface area (Å²) >= 11 is 0. The predicted molar refractivity (Wildman–Crippen MR) is 92.5 cm³/mol. The number of hydrogen-bond acceptors (Lipinski definition) is 3. The van der Waals surface area contributed by atoms with Gasteiger partial charge in [-0.25, -0.2) is 4.79 Å². The molecule has 122 valence electrons. The van der Waals surface area contributed by atoms with E-state index in [2.05, 4.69) is 5.32 Å². The lowest BCUT2D eigenvalue weighted by Gasteiger charge is -2.06. The van der Waals surface area contributed by atoms with Gasteiger partial charge in [-0.05, 0) is 17.7 Å². The molecule has 0 atom stereocenters. The molecule has 3 rings (SSSR count). The third-order valence-electron chi connectivity index (χ3n) is 3.57. The molecule has 2 aromatic carbocycles. The average Bonchev–Trinajstić information content (AvgIpc) is 3.11. The molecule has 0 radical (unpaired) electrons. The van der Waals surface area contributed by atoms with E-state index in [1.165, 1.54) is 0 Å². The van der Waals surface area contributed by atoms with Gasteiger partial charge in [0.1, 0.15) is 18.1 Å². The fourth-order valence-corrected chi connectivity index (χ4v) is 2.33. The zero-order chi connectivity index (χ0) is 16.6. The summed E-state index contributed by atoms with van der Waals surface area (Å²) in [6.45, 7) is 0.737. The Balaban J connectivity index is 1.42. The minimum absolute atomic E-state index is 0.269. The van der Waals surface area contributed by atoms with Crippen LogP contribution < -0.4 is 5.32 Å². The third kappa shape index (κ3) is 4.49. The standard InChI is InChI=1S/C20H19NO3/c22-20(23-15-16-7-3-1-4-8-16)21-14-13-18-11-12-19(24-18)17-9-5-2-6-10-17/h1-12H,13-15H2,(H,21,22). The van der Waals surface area contributed by atoms with Gasteiger partial charge in [-0.2, -0.15) is 0 Å². The lowest BCUT2D eigenvalue weighted by atomic mass is 10.2. The van der Waals surface area contributed by atoms with Crippen molar-refractivity contribution in [1.82, 2.24) is 5.32 Å². The van der Waals surface area contributed by atoms with Crippen LogP contribution in [0.2, 0.25) is 0 Å². The van der Waals surface area contributed by atoms with Gasteiger partial charge in [0, 0.05) is 18.5 Å². The van der Waals surface area contributed by atoms with E-state index in [4.69, 9.17) is 9.15 Å². The van der Waals surface area contributed by atoms with Gasteiger partial charge in [0.25, 0.3) is 0 Å². The molecule has 1 aromatic heterocycles. The highest BCUT2D eigenvalue weighted by molar-refractivity contribution is 5.67. The Kier molecular flexibility index (Phi) is 5.30. The van der Waals surface area contributed by atoms with E-state index in [-0.39, 0.29) is 6.61 Å². The van der Waals surface area contributed by atoms with Crippen LogP contribution in [-0.4, -0.2) is 12.6 Å². The number of rotatable bonds is 6. The highest BCUT2D eigenvalue weighted by Crippen LogP contribution is 2.21. The minimum atomic E-state index is -0.423. The number of carbonyl (C=O) groups excluding carboxylic acids is 1. The summed E-state index contributed by atoms with van der Waals surface area (Å²) in [5, 5.41) is 2.73. The molecule has 0 aliphatic carbocycles. The Morgan fingerprint density at radius 1 is 0.917 bits per heavy atom. The first-order valence-corrected chi connectivity index (χ1v) is 7.90. The second-order valence-electron chi connectivity index (χ2n) is 5.37. The molecule has 3 aromatic rings. The van der Waals surface area contributed by atoms with Crippen LogP contribution in [0.1, 0.15) is 11.3 Å². The smallest absolute Gasteiger partial charge is 0.407 e. The van der Waals surface area contributed by atoms with Gasteiger partial charge in [0.05, 0.1) is 0 Å². The molecule has 4 nitrogen and oxygen atoms in total. The molecule has 0 saturated heterocycles. The Hall–Kier alpha value is -3.01. The first kappa shape index (κ1) is 15.9.